The van der Waals surface area contributed by atoms with Crippen LogP contribution in [0.3, 0.4) is 0 Å². The molecule has 0 atom stereocenters. The zero-order chi connectivity index (χ0) is 18.6. The molecule has 0 bridgehead atoms. The lowest BCUT2D eigenvalue weighted by atomic mass is 10.3. The zero-order valence-corrected chi connectivity index (χ0v) is 14.4. The number of aromatic nitrogens is 3. The van der Waals surface area contributed by atoms with Crippen LogP contribution in [0, 0.1) is 0 Å². The van der Waals surface area contributed by atoms with E-state index in [4.69, 9.17) is 9.47 Å². The van der Waals surface area contributed by atoms with Crippen LogP contribution in [0.25, 0.3) is 0 Å². The summed E-state index contributed by atoms with van der Waals surface area (Å²) in [5, 5.41) is 16.9. The van der Waals surface area contributed by atoms with Gasteiger partial charge in [-0.05, 0) is 36.4 Å². The lowest BCUT2D eigenvalue weighted by Gasteiger charge is -2.09. The fourth-order valence-electron chi connectivity index (χ4n) is 2.51. The SMILES string of the molecule is CC(=O)Nc1ccc(Nc2cnnc(Nc3ccc4c(c3)OCO4)n2)cc1. The second-order valence-electron chi connectivity index (χ2n) is 5.74. The van der Waals surface area contributed by atoms with Gasteiger partial charge in [-0.15, -0.1) is 5.10 Å². The molecule has 1 aromatic heterocycles. The Morgan fingerprint density at radius 1 is 0.963 bits per heavy atom. The van der Waals surface area contributed by atoms with E-state index in [-0.39, 0.29) is 12.7 Å². The Bertz CT molecular complexity index is 977. The molecule has 0 radical (unpaired) electrons. The number of carbonyl (C=O) groups is 1. The Morgan fingerprint density at radius 3 is 2.52 bits per heavy atom. The molecular weight excluding hydrogens is 348 g/mol. The van der Waals surface area contributed by atoms with Crippen molar-refractivity contribution in [1.82, 2.24) is 15.2 Å². The van der Waals surface area contributed by atoms with Gasteiger partial charge < -0.3 is 25.4 Å². The van der Waals surface area contributed by atoms with Crippen LogP contribution < -0.4 is 25.4 Å². The molecule has 3 N–H and O–H groups in total. The molecule has 0 fully saturated rings. The van der Waals surface area contributed by atoms with Crippen LogP contribution in [0.1, 0.15) is 6.92 Å². The smallest absolute Gasteiger partial charge is 0.249 e. The van der Waals surface area contributed by atoms with E-state index in [1.807, 2.05) is 30.3 Å². The first-order valence-electron chi connectivity index (χ1n) is 8.17. The molecule has 9 nitrogen and oxygen atoms in total. The predicted molar refractivity (Wildman–Crippen MR) is 99.7 cm³/mol. The van der Waals surface area contributed by atoms with Crippen molar-refractivity contribution in [2.75, 3.05) is 22.7 Å². The number of amides is 1. The molecule has 0 spiro atoms. The van der Waals surface area contributed by atoms with Crippen molar-refractivity contribution in [1.29, 1.82) is 0 Å². The quantitative estimate of drug-likeness (QED) is 0.634. The number of carbonyl (C=O) groups excluding carboxylic acids is 1. The van der Waals surface area contributed by atoms with Gasteiger partial charge in [0.1, 0.15) is 0 Å². The Kier molecular flexibility index (Phi) is 4.40. The van der Waals surface area contributed by atoms with Crippen molar-refractivity contribution in [2.24, 2.45) is 0 Å². The van der Waals surface area contributed by atoms with Crippen molar-refractivity contribution < 1.29 is 14.3 Å². The minimum Gasteiger partial charge on any atom is -0.454 e. The highest BCUT2D eigenvalue weighted by atomic mass is 16.7. The summed E-state index contributed by atoms with van der Waals surface area (Å²) < 4.78 is 10.6. The van der Waals surface area contributed by atoms with Gasteiger partial charge in [0.15, 0.2) is 17.3 Å². The fourth-order valence-corrected chi connectivity index (χ4v) is 2.51. The van der Waals surface area contributed by atoms with Crippen molar-refractivity contribution in [2.45, 2.75) is 6.92 Å². The number of anilines is 5. The highest BCUT2D eigenvalue weighted by Crippen LogP contribution is 2.34. The van der Waals surface area contributed by atoms with Crippen LogP contribution in [-0.2, 0) is 4.79 Å². The maximum Gasteiger partial charge on any atom is 0.249 e. The largest absolute Gasteiger partial charge is 0.454 e. The van der Waals surface area contributed by atoms with E-state index in [2.05, 4.69) is 31.1 Å². The molecule has 9 heteroatoms. The molecule has 136 valence electrons. The number of fused-ring (bicyclic) bond motifs is 1. The van der Waals surface area contributed by atoms with Gasteiger partial charge in [0.25, 0.3) is 0 Å². The predicted octanol–water partition coefficient (Wildman–Crippen LogP) is 3.05. The van der Waals surface area contributed by atoms with Crippen molar-refractivity contribution in [3.05, 3.63) is 48.7 Å². The van der Waals surface area contributed by atoms with E-state index in [9.17, 15) is 4.79 Å². The highest BCUT2D eigenvalue weighted by Gasteiger charge is 2.13. The van der Waals surface area contributed by atoms with Crippen LogP contribution in [0.15, 0.2) is 48.7 Å². The Hall–Kier alpha value is -3.88. The van der Waals surface area contributed by atoms with E-state index in [0.29, 0.717) is 23.3 Å². The van der Waals surface area contributed by atoms with Crippen LogP contribution in [0.2, 0.25) is 0 Å². The van der Waals surface area contributed by atoms with Crippen molar-refractivity contribution in [3.8, 4) is 11.5 Å². The molecule has 0 saturated carbocycles. The second kappa shape index (κ2) is 7.16. The third-order valence-corrected chi connectivity index (χ3v) is 3.67. The monoisotopic (exact) mass is 364 g/mol. The van der Waals surface area contributed by atoms with Gasteiger partial charge in [-0.25, -0.2) is 0 Å². The van der Waals surface area contributed by atoms with E-state index in [0.717, 1.165) is 17.1 Å². The Balaban J connectivity index is 1.45. The number of hydrogen-bond acceptors (Lipinski definition) is 8. The van der Waals surface area contributed by atoms with Gasteiger partial charge >= 0.3 is 0 Å². The molecule has 4 rings (SSSR count). The maximum atomic E-state index is 11.1. The second-order valence-corrected chi connectivity index (χ2v) is 5.74. The number of hydrogen-bond donors (Lipinski definition) is 3. The number of nitrogens with zero attached hydrogens (tertiary/aromatic N) is 3. The molecule has 27 heavy (non-hydrogen) atoms. The zero-order valence-electron chi connectivity index (χ0n) is 14.4. The van der Waals surface area contributed by atoms with E-state index in [1.165, 1.54) is 13.1 Å². The summed E-state index contributed by atoms with van der Waals surface area (Å²) in [6.45, 7) is 1.68. The molecule has 2 aromatic carbocycles. The van der Waals surface area contributed by atoms with Gasteiger partial charge in [0, 0.05) is 30.1 Å². The summed E-state index contributed by atoms with van der Waals surface area (Å²) in [6, 6.07) is 12.7. The summed E-state index contributed by atoms with van der Waals surface area (Å²) in [5.74, 6) is 2.13. The Morgan fingerprint density at radius 2 is 1.70 bits per heavy atom. The van der Waals surface area contributed by atoms with Crippen LogP contribution in [-0.4, -0.2) is 27.9 Å². The molecule has 0 aliphatic carbocycles. The van der Waals surface area contributed by atoms with Crippen molar-refractivity contribution in [3.63, 3.8) is 0 Å². The fraction of sp³-hybridized carbons (Fsp3) is 0.111. The van der Waals surface area contributed by atoms with Crippen LogP contribution >= 0.6 is 0 Å². The summed E-state index contributed by atoms with van der Waals surface area (Å²) >= 11 is 0. The molecule has 1 aliphatic rings. The highest BCUT2D eigenvalue weighted by molar-refractivity contribution is 5.88. The van der Waals surface area contributed by atoms with Crippen molar-refractivity contribution >= 4 is 34.7 Å². The molecule has 2 heterocycles. The number of nitrogens with one attached hydrogen (secondary N) is 3. The van der Waals surface area contributed by atoms with E-state index >= 15 is 0 Å². The molecule has 1 amide bonds. The Labute approximate surface area is 154 Å². The lowest BCUT2D eigenvalue weighted by Crippen LogP contribution is -2.05. The molecule has 3 aromatic rings. The van der Waals surface area contributed by atoms with Crippen LogP contribution in [0.4, 0.5) is 28.8 Å². The maximum absolute atomic E-state index is 11.1. The minimum absolute atomic E-state index is 0.116. The number of rotatable bonds is 5. The average molecular weight is 364 g/mol. The minimum atomic E-state index is -0.116. The van der Waals surface area contributed by atoms with Gasteiger partial charge in [-0.3, -0.25) is 4.79 Å². The van der Waals surface area contributed by atoms with Gasteiger partial charge in [-0.2, -0.15) is 10.1 Å². The van der Waals surface area contributed by atoms with E-state index in [1.54, 1.807) is 12.1 Å². The molecule has 0 unspecified atom stereocenters. The first-order valence-corrected chi connectivity index (χ1v) is 8.17. The molecule has 0 saturated heterocycles. The number of ether oxygens (including phenoxy) is 2. The lowest BCUT2D eigenvalue weighted by molar-refractivity contribution is -0.114. The topological polar surface area (TPSA) is 110 Å². The first-order chi connectivity index (χ1) is 13.2. The first kappa shape index (κ1) is 16.6. The summed E-state index contributed by atoms with van der Waals surface area (Å²) in [6.07, 6.45) is 1.52. The summed E-state index contributed by atoms with van der Waals surface area (Å²) in [4.78, 5) is 15.5. The third kappa shape index (κ3) is 4.03. The molecular formula is C18H16N6O3. The van der Waals surface area contributed by atoms with Gasteiger partial charge in [-0.1, -0.05) is 0 Å². The molecule has 1 aliphatic heterocycles. The van der Waals surface area contributed by atoms with Gasteiger partial charge in [0.05, 0.1) is 6.20 Å². The van der Waals surface area contributed by atoms with E-state index < -0.39 is 0 Å². The normalized spacial score (nSPS) is 11.7. The summed E-state index contributed by atoms with van der Waals surface area (Å²) in [7, 11) is 0. The number of benzene rings is 2. The third-order valence-electron chi connectivity index (χ3n) is 3.67. The standard InChI is InChI=1S/C18H16N6O3/c1-11(25)20-12-2-4-13(5-3-12)21-17-9-19-24-18(23-17)22-14-6-7-15-16(8-14)27-10-26-15/h2-9H,10H2,1H3,(H,20,25)(H2,21,22,23,24). The van der Waals surface area contributed by atoms with Crippen LogP contribution in [0.5, 0.6) is 11.5 Å². The van der Waals surface area contributed by atoms with Gasteiger partial charge in [0.2, 0.25) is 18.6 Å². The summed E-state index contributed by atoms with van der Waals surface area (Å²) in [5.41, 5.74) is 2.29. The average Bonchev–Trinajstić information content (AvgIpc) is 3.11.